The number of anilines is 1. The molecular weight excluding hydrogens is 300 g/mol. The van der Waals surface area contributed by atoms with Gasteiger partial charge in [0, 0.05) is 18.8 Å². The molecule has 0 bridgehead atoms. The van der Waals surface area contributed by atoms with Crippen molar-refractivity contribution in [3.05, 3.63) is 54.4 Å². The van der Waals surface area contributed by atoms with Crippen LogP contribution < -0.4 is 16.2 Å². The standard InChI is InChI=1S/C15H20N4O2S/c1-2-15(16,11-12-7-9-18-10-8-12)19-13-5-3-4-6-14(13)22(17,20)21/h3-10,19H,2,11,16H2,1H3,(H2,17,20,21). The lowest BCUT2D eigenvalue weighted by Gasteiger charge is -2.31. The molecule has 7 heteroatoms. The zero-order valence-electron chi connectivity index (χ0n) is 12.4. The van der Waals surface area contributed by atoms with Crippen LogP contribution in [0.2, 0.25) is 0 Å². The van der Waals surface area contributed by atoms with Crippen LogP contribution in [0.3, 0.4) is 0 Å². The Bertz CT molecular complexity index is 734. The molecule has 0 fully saturated rings. The number of primary sulfonamides is 1. The Morgan fingerprint density at radius 3 is 2.41 bits per heavy atom. The van der Waals surface area contributed by atoms with Crippen molar-refractivity contribution >= 4 is 15.7 Å². The van der Waals surface area contributed by atoms with Gasteiger partial charge in [0.15, 0.2) is 0 Å². The summed E-state index contributed by atoms with van der Waals surface area (Å²) in [5.41, 5.74) is 7.04. The number of benzene rings is 1. The predicted octanol–water partition coefficient (Wildman–Crippen LogP) is 1.45. The number of nitrogens with two attached hydrogens (primary N) is 2. The maximum atomic E-state index is 11.7. The van der Waals surface area contributed by atoms with E-state index in [4.69, 9.17) is 10.9 Å². The fourth-order valence-electron chi connectivity index (χ4n) is 2.21. The highest BCUT2D eigenvalue weighted by atomic mass is 32.2. The zero-order valence-corrected chi connectivity index (χ0v) is 13.2. The number of nitrogens with zero attached hydrogens (tertiary/aromatic N) is 1. The Hall–Kier alpha value is -1.96. The first kappa shape index (κ1) is 16.4. The average Bonchev–Trinajstić information content (AvgIpc) is 2.47. The van der Waals surface area contributed by atoms with Gasteiger partial charge < -0.3 is 11.1 Å². The van der Waals surface area contributed by atoms with Crippen molar-refractivity contribution in [3.8, 4) is 0 Å². The predicted molar refractivity (Wildman–Crippen MR) is 86.6 cm³/mol. The van der Waals surface area contributed by atoms with Crippen molar-refractivity contribution in [1.29, 1.82) is 0 Å². The Morgan fingerprint density at radius 2 is 1.82 bits per heavy atom. The van der Waals surface area contributed by atoms with Gasteiger partial charge in [-0.15, -0.1) is 0 Å². The number of pyridine rings is 1. The third-order valence-electron chi connectivity index (χ3n) is 3.48. The second-order valence-electron chi connectivity index (χ2n) is 5.21. The van der Waals surface area contributed by atoms with Crippen LogP contribution in [0.15, 0.2) is 53.7 Å². The highest BCUT2D eigenvalue weighted by molar-refractivity contribution is 7.89. The molecule has 0 amide bonds. The topological polar surface area (TPSA) is 111 Å². The lowest BCUT2D eigenvalue weighted by molar-refractivity contribution is 0.464. The third-order valence-corrected chi connectivity index (χ3v) is 4.45. The molecule has 0 saturated carbocycles. The summed E-state index contributed by atoms with van der Waals surface area (Å²) in [5, 5.41) is 8.38. The molecule has 1 unspecified atom stereocenters. The number of nitrogens with one attached hydrogen (secondary N) is 1. The number of para-hydroxylation sites is 1. The summed E-state index contributed by atoms with van der Waals surface area (Å²) in [6, 6.07) is 10.2. The Morgan fingerprint density at radius 1 is 1.18 bits per heavy atom. The van der Waals surface area contributed by atoms with E-state index in [2.05, 4.69) is 10.3 Å². The first-order valence-electron chi connectivity index (χ1n) is 6.92. The molecule has 2 aromatic rings. The maximum Gasteiger partial charge on any atom is 0.240 e. The van der Waals surface area contributed by atoms with Crippen LogP contribution in [0.4, 0.5) is 5.69 Å². The zero-order chi connectivity index (χ0) is 16.2. The molecular formula is C15H20N4O2S. The van der Waals surface area contributed by atoms with Gasteiger partial charge in [0.2, 0.25) is 10.0 Å². The van der Waals surface area contributed by atoms with Crippen molar-refractivity contribution in [3.63, 3.8) is 0 Å². The van der Waals surface area contributed by atoms with E-state index in [1.165, 1.54) is 6.07 Å². The molecule has 22 heavy (non-hydrogen) atoms. The minimum atomic E-state index is -3.81. The molecule has 118 valence electrons. The summed E-state index contributed by atoms with van der Waals surface area (Å²) >= 11 is 0. The van der Waals surface area contributed by atoms with E-state index >= 15 is 0 Å². The highest BCUT2D eigenvalue weighted by Gasteiger charge is 2.25. The first-order chi connectivity index (χ1) is 10.3. The van der Waals surface area contributed by atoms with Crippen molar-refractivity contribution in [1.82, 2.24) is 4.98 Å². The SMILES string of the molecule is CCC(N)(Cc1ccncc1)Nc1ccccc1S(N)(=O)=O. The summed E-state index contributed by atoms with van der Waals surface area (Å²) < 4.78 is 23.3. The van der Waals surface area contributed by atoms with Gasteiger partial charge in [0.05, 0.1) is 11.4 Å². The average molecular weight is 320 g/mol. The van der Waals surface area contributed by atoms with Gasteiger partial charge >= 0.3 is 0 Å². The van der Waals surface area contributed by atoms with E-state index in [-0.39, 0.29) is 4.90 Å². The Balaban J connectivity index is 2.31. The number of hydrogen-bond donors (Lipinski definition) is 3. The third kappa shape index (κ3) is 4.03. The summed E-state index contributed by atoms with van der Waals surface area (Å²) in [5.74, 6) is 0. The summed E-state index contributed by atoms with van der Waals surface area (Å²) in [4.78, 5) is 4.01. The molecule has 1 heterocycles. The molecule has 0 aliphatic heterocycles. The van der Waals surface area contributed by atoms with Gasteiger partial charge in [-0.1, -0.05) is 19.1 Å². The van der Waals surface area contributed by atoms with Crippen LogP contribution in [0, 0.1) is 0 Å². The van der Waals surface area contributed by atoms with Crippen LogP contribution in [0.25, 0.3) is 0 Å². The van der Waals surface area contributed by atoms with E-state index in [1.54, 1.807) is 30.6 Å². The van der Waals surface area contributed by atoms with Gasteiger partial charge in [-0.05, 0) is 36.2 Å². The summed E-state index contributed by atoms with van der Waals surface area (Å²) in [6.07, 6.45) is 4.53. The quantitative estimate of drug-likeness (QED) is 0.698. The van der Waals surface area contributed by atoms with E-state index in [9.17, 15) is 8.42 Å². The van der Waals surface area contributed by atoms with Crippen molar-refractivity contribution in [2.75, 3.05) is 5.32 Å². The van der Waals surface area contributed by atoms with Gasteiger partial charge in [0.1, 0.15) is 4.90 Å². The molecule has 0 saturated heterocycles. The van der Waals surface area contributed by atoms with Crippen LogP contribution in [-0.4, -0.2) is 19.1 Å². The number of rotatable bonds is 6. The molecule has 2 rings (SSSR count). The summed E-state index contributed by atoms with van der Waals surface area (Å²) in [6.45, 7) is 1.94. The van der Waals surface area contributed by atoms with Gasteiger partial charge in [-0.3, -0.25) is 4.98 Å². The molecule has 1 aromatic heterocycles. The van der Waals surface area contributed by atoms with E-state index in [1.807, 2.05) is 19.1 Å². The molecule has 1 aromatic carbocycles. The van der Waals surface area contributed by atoms with Crippen molar-refractivity contribution in [2.24, 2.45) is 10.9 Å². The van der Waals surface area contributed by atoms with Crippen LogP contribution in [-0.2, 0) is 16.4 Å². The molecule has 0 spiro atoms. The molecule has 0 aliphatic rings. The maximum absolute atomic E-state index is 11.7. The molecule has 1 atom stereocenters. The second-order valence-corrected chi connectivity index (χ2v) is 6.74. The fraction of sp³-hybridized carbons (Fsp3) is 0.267. The molecule has 0 radical (unpaired) electrons. The molecule has 6 nitrogen and oxygen atoms in total. The van der Waals surface area contributed by atoms with E-state index in [0.717, 1.165) is 5.56 Å². The lowest BCUT2D eigenvalue weighted by Crippen LogP contribution is -2.49. The molecule has 5 N–H and O–H groups in total. The largest absolute Gasteiger partial charge is 0.366 e. The van der Waals surface area contributed by atoms with Gasteiger partial charge in [0.25, 0.3) is 0 Å². The monoisotopic (exact) mass is 320 g/mol. The van der Waals surface area contributed by atoms with Crippen molar-refractivity contribution < 1.29 is 8.42 Å². The fourth-order valence-corrected chi connectivity index (χ4v) is 2.90. The van der Waals surface area contributed by atoms with Gasteiger partial charge in [-0.2, -0.15) is 0 Å². The smallest absolute Gasteiger partial charge is 0.240 e. The second kappa shape index (κ2) is 6.43. The Kier molecular flexibility index (Phi) is 4.80. The minimum Gasteiger partial charge on any atom is -0.366 e. The van der Waals surface area contributed by atoms with Gasteiger partial charge in [-0.25, -0.2) is 13.6 Å². The number of sulfonamides is 1. The van der Waals surface area contributed by atoms with Crippen LogP contribution >= 0.6 is 0 Å². The highest BCUT2D eigenvalue weighted by Crippen LogP contribution is 2.24. The first-order valence-corrected chi connectivity index (χ1v) is 8.46. The van der Waals surface area contributed by atoms with E-state index < -0.39 is 15.7 Å². The summed E-state index contributed by atoms with van der Waals surface area (Å²) in [7, 11) is -3.81. The lowest BCUT2D eigenvalue weighted by atomic mass is 9.98. The Labute approximate surface area is 130 Å². The number of aromatic nitrogens is 1. The van der Waals surface area contributed by atoms with Crippen LogP contribution in [0.1, 0.15) is 18.9 Å². The van der Waals surface area contributed by atoms with Crippen LogP contribution in [0.5, 0.6) is 0 Å². The molecule has 0 aliphatic carbocycles. The van der Waals surface area contributed by atoms with E-state index in [0.29, 0.717) is 18.5 Å². The minimum absolute atomic E-state index is 0.0352. The van der Waals surface area contributed by atoms with Crippen molar-refractivity contribution in [2.45, 2.75) is 30.3 Å². The number of hydrogen-bond acceptors (Lipinski definition) is 5. The normalized spacial score (nSPS) is 14.3.